The van der Waals surface area contributed by atoms with Crippen molar-refractivity contribution >= 4 is 17.7 Å². The Hall–Kier alpha value is -2.96. The maximum absolute atomic E-state index is 12.4. The summed E-state index contributed by atoms with van der Waals surface area (Å²) >= 11 is 0. The number of H-pyrrole nitrogens is 1. The van der Waals surface area contributed by atoms with Gasteiger partial charge in [0.15, 0.2) is 0 Å². The molecule has 1 aromatic heterocycles. The van der Waals surface area contributed by atoms with Crippen LogP contribution in [0.1, 0.15) is 37.9 Å². The molecule has 28 heavy (non-hydrogen) atoms. The number of carbonyl (C=O) groups is 3. The molecule has 0 radical (unpaired) electrons. The molecule has 2 unspecified atom stereocenters. The number of aromatic nitrogens is 2. The average Bonchev–Trinajstić information content (AvgIpc) is 3.30. The molecule has 7 heteroatoms. The zero-order valence-electron chi connectivity index (χ0n) is 15.7. The summed E-state index contributed by atoms with van der Waals surface area (Å²) in [5.41, 5.74) is 1.92. The van der Waals surface area contributed by atoms with Crippen molar-refractivity contribution in [2.45, 2.75) is 38.6 Å². The second-order valence-corrected chi connectivity index (χ2v) is 7.46. The lowest BCUT2D eigenvalue weighted by atomic mass is 9.81. The van der Waals surface area contributed by atoms with Gasteiger partial charge in [0.05, 0.1) is 30.3 Å². The first-order chi connectivity index (χ1) is 13.6. The quantitative estimate of drug-likeness (QED) is 0.752. The third-order valence-corrected chi connectivity index (χ3v) is 5.66. The summed E-state index contributed by atoms with van der Waals surface area (Å²) in [7, 11) is 0. The Labute approximate surface area is 163 Å². The fourth-order valence-corrected chi connectivity index (χ4v) is 4.15. The van der Waals surface area contributed by atoms with E-state index < -0.39 is 0 Å². The summed E-state index contributed by atoms with van der Waals surface area (Å²) in [6.07, 6.45) is 5.44. The van der Waals surface area contributed by atoms with Gasteiger partial charge in [0.2, 0.25) is 17.7 Å². The minimum Gasteiger partial charge on any atom is -0.349 e. The maximum Gasteiger partial charge on any atom is 0.233 e. The lowest BCUT2D eigenvalue weighted by Crippen LogP contribution is -2.35. The van der Waals surface area contributed by atoms with Crippen LogP contribution < -0.4 is 5.32 Å². The molecule has 3 amide bonds. The van der Waals surface area contributed by atoms with Crippen LogP contribution in [0.5, 0.6) is 0 Å². The van der Waals surface area contributed by atoms with Crippen LogP contribution >= 0.6 is 0 Å². The molecule has 1 saturated carbocycles. The Kier molecular flexibility index (Phi) is 5.23. The molecule has 2 fully saturated rings. The van der Waals surface area contributed by atoms with Gasteiger partial charge >= 0.3 is 0 Å². The van der Waals surface area contributed by atoms with E-state index >= 15 is 0 Å². The molecule has 2 atom stereocenters. The van der Waals surface area contributed by atoms with Crippen molar-refractivity contribution in [2.24, 2.45) is 11.8 Å². The molecule has 7 nitrogen and oxygen atoms in total. The molecule has 2 aliphatic rings. The van der Waals surface area contributed by atoms with E-state index in [-0.39, 0.29) is 49.1 Å². The number of likely N-dealkylation sites (tertiary alicyclic amines) is 1. The van der Waals surface area contributed by atoms with E-state index in [0.29, 0.717) is 5.82 Å². The third-order valence-electron chi connectivity index (χ3n) is 5.66. The number of benzene rings is 1. The highest BCUT2D eigenvalue weighted by Crippen LogP contribution is 2.37. The molecule has 1 aliphatic carbocycles. The predicted octanol–water partition coefficient (Wildman–Crippen LogP) is 2.26. The van der Waals surface area contributed by atoms with E-state index in [4.69, 9.17) is 0 Å². The average molecular weight is 380 g/mol. The highest BCUT2D eigenvalue weighted by Gasteiger charge is 2.47. The van der Waals surface area contributed by atoms with E-state index in [2.05, 4.69) is 15.3 Å². The van der Waals surface area contributed by atoms with Crippen LogP contribution in [-0.2, 0) is 20.9 Å². The van der Waals surface area contributed by atoms with Crippen LogP contribution in [0.3, 0.4) is 0 Å². The number of nitrogens with one attached hydrogen (secondary N) is 2. The highest BCUT2D eigenvalue weighted by molar-refractivity contribution is 6.05. The van der Waals surface area contributed by atoms with Gasteiger partial charge in [-0.25, -0.2) is 4.98 Å². The standard InChI is InChI=1S/C21H24N4O3/c26-19(10-11-25-20(27)15-8-4-5-9-16(15)21(25)28)23-13-18-22-12-17(24-18)14-6-2-1-3-7-14/h1-3,6-7,12,15-16H,4-5,8-11,13H2,(H,22,24)(H,23,26). The Balaban J connectivity index is 1.27. The molecule has 2 N–H and O–H groups in total. The monoisotopic (exact) mass is 380 g/mol. The Morgan fingerprint density at radius 1 is 1.11 bits per heavy atom. The first kappa shape index (κ1) is 18.4. The summed E-state index contributed by atoms with van der Waals surface area (Å²) in [6, 6.07) is 9.82. The first-order valence-corrected chi connectivity index (χ1v) is 9.84. The van der Waals surface area contributed by atoms with E-state index in [9.17, 15) is 14.4 Å². The number of imidazole rings is 1. The topological polar surface area (TPSA) is 95.2 Å². The number of carbonyl (C=O) groups excluding carboxylic acids is 3. The van der Waals surface area contributed by atoms with Crippen LogP contribution in [0.25, 0.3) is 11.3 Å². The van der Waals surface area contributed by atoms with Gasteiger partial charge in [0.1, 0.15) is 5.82 Å². The smallest absolute Gasteiger partial charge is 0.233 e. The number of nitrogens with zero attached hydrogens (tertiary/aromatic N) is 2. The van der Waals surface area contributed by atoms with Gasteiger partial charge in [-0.05, 0) is 18.4 Å². The van der Waals surface area contributed by atoms with Crippen LogP contribution in [0.15, 0.2) is 36.5 Å². The number of rotatable bonds is 6. The number of imide groups is 1. The van der Waals surface area contributed by atoms with Gasteiger partial charge in [0.25, 0.3) is 0 Å². The highest BCUT2D eigenvalue weighted by atomic mass is 16.2. The second kappa shape index (κ2) is 7.96. The summed E-state index contributed by atoms with van der Waals surface area (Å²) in [4.78, 5) is 45.8. The molecule has 1 aromatic carbocycles. The maximum atomic E-state index is 12.4. The SMILES string of the molecule is O=C(CCN1C(=O)C2CCCCC2C1=O)NCc1ncc(-c2ccccc2)[nH]1. The number of amides is 3. The van der Waals surface area contributed by atoms with Crippen molar-refractivity contribution in [3.05, 3.63) is 42.4 Å². The molecule has 146 valence electrons. The Bertz CT molecular complexity index is 853. The first-order valence-electron chi connectivity index (χ1n) is 9.84. The van der Waals surface area contributed by atoms with Crippen molar-refractivity contribution in [3.63, 3.8) is 0 Å². The second-order valence-electron chi connectivity index (χ2n) is 7.46. The Morgan fingerprint density at radius 2 is 1.79 bits per heavy atom. The predicted molar refractivity (Wildman–Crippen MR) is 103 cm³/mol. The van der Waals surface area contributed by atoms with Crippen molar-refractivity contribution in [2.75, 3.05) is 6.54 Å². The van der Waals surface area contributed by atoms with Crippen molar-refractivity contribution in [1.29, 1.82) is 0 Å². The molecule has 0 spiro atoms. The minimum atomic E-state index is -0.201. The largest absolute Gasteiger partial charge is 0.349 e. The molecule has 2 aromatic rings. The van der Waals surface area contributed by atoms with E-state index in [0.717, 1.165) is 36.9 Å². The van der Waals surface area contributed by atoms with E-state index in [1.165, 1.54) is 4.90 Å². The molecular weight excluding hydrogens is 356 g/mol. The van der Waals surface area contributed by atoms with Gasteiger partial charge in [-0.1, -0.05) is 43.2 Å². The summed E-state index contributed by atoms with van der Waals surface area (Å²) in [5.74, 6) is -0.0607. The zero-order valence-corrected chi connectivity index (χ0v) is 15.7. The van der Waals surface area contributed by atoms with Gasteiger partial charge in [-0.2, -0.15) is 0 Å². The zero-order chi connectivity index (χ0) is 19.5. The number of hydrogen-bond donors (Lipinski definition) is 2. The van der Waals surface area contributed by atoms with Crippen molar-refractivity contribution in [3.8, 4) is 11.3 Å². The number of fused-ring (bicyclic) bond motifs is 1. The summed E-state index contributed by atoms with van der Waals surface area (Å²) < 4.78 is 0. The van der Waals surface area contributed by atoms with Crippen molar-refractivity contribution in [1.82, 2.24) is 20.2 Å². The van der Waals surface area contributed by atoms with Crippen LogP contribution in [-0.4, -0.2) is 39.1 Å². The third kappa shape index (κ3) is 3.69. The molecular formula is C21H24N4O3. The van der Waals surface area contributed by atoms with Gasteiger partial charge < -0.3 is 10.3 Å². The minimum absolute atomic E-state index is 0.0963. The van der Waals surface area contributed by atoms with Crippen LogP contribution in [0.2, 0.25) is 0 Å². The van der Waals surface area contributed by atoms with Gasteiger partial charge in [0, 0.05) is 13.0 Å². The fourth-order valence-electron chi connectivity index (χ4n) is 4.15. The summed E-state index contributed by atoms with van der Waals surface area (Å²) in [6.45, 7) is 0.433. The lowest BCUT2D eigenvalue weighted by Gasteiger charge is -2.19. The van der Waals surface area contributed by atoms with Gasteiger partial charge in [-0.3, -0.25) is 19.3 Å². The normalized spacial score (nSPS) is 21.6. The van der Waals surface area contributed by atoms with Crippen LogP contribution in [0, 0.1) is 11.8 Å². The fraction of sp³-hybridized carbons (Fsp3) is 0.429. The molecule has 2 heterocycles. The van der Waals surface area contributed by atoms with E-state index in [1.807, 2.05) is 30.3 Å². The number of aromatic amines is 1. The molecule has 1 saturated heterocycles. The number of hydrogen-bond acceptors (Lipinski definition) is 4. The lowest BCUT2D eigenvalue weighted by molar-refractivity contribution is -0.140. The van der Waals surface area contributed by atoms with Crippen LogP contribution in [0.4, 0.5) is 0 Å². The van der Waals surface area contributed by atoms with Gasteiger partial charge in [-0.15, -0.1) is 0 Å². The molecule has 4 rings (SSSR count). The summed E-state index contributed by atoms with van der Waals surface area (Å²) in [5, 5.41) is 2.80. The molecule has 1 aliphatic heterocycles. The molecule has 0 bridgehead atoms. The van der Waals surface area contributed by atoms with Crippen molar-refractivity contribution < 1.29 is 14.4 Å². The Morgan fingerprint density at radius 3 is 2.46 bits per heavy atom. The van der Waals surface area contributed by atoms with E-state index in [1.54, 1.807) is 6.20 Å².